The molecule has 0 saturated carbocycles. The molecule has 7 nitrogen and oxygen atoms in total. The molecule has 0 aliphatic rings. The molecule has 25 heavy (non-hydrogen) atoms. The maximum absolute atomic E-state index is 12.2. The molecule has 1 atom stereocenters. The van der Waals surface area contributed by atoms with Crippen molar-refractivity contribution in [3.8, 4) is 0 Å². The van der Waals surface area contributed by atoms with Gasteiger partial charge in [0.2, 0.25) is 0 Å². The predicted molar refractivity (Wildman–Crippen MR) is 97.0 cm³/mol. The fourth-order valence-corrected chi connectivity index (χ4v) is 2.87. The predicted octanol–water partition coefficient (Wildman–Crippen LogP) is 2.90. The quantitative estimate of drug-likeness (QED) is 0.521. The largest absolute Gasteiger partial charge is 0.450 e. The molecule has 0 fully saturated rings. The van der Waals surface area contributed by atoms with E-state index in [0.29, 0.717) is 22.6 Å². The SMILES string of the molecule is C=CCNc1nc(C(=O)OC(C)c2nc3ccccc3c(=O)[nH]2)cs1. The van der Waals surface area contributed by atoms with Gasteiger partial charge in [-0.05, 0) is 19.1 Å². The average molecular weight is 356 g/mol. The molecule has 8 heteroatoms. The van der Waals surface area contributed by atoms with E-state index in [9.17, 15) is 9.59 Å². The number of fused-ring (bicyclic) bond motifs is 1. The lowest BCUT2D eigenvalue weighted by atomic mass is 10.2. The molecule has 1 aromatic carbocycles. The van der Waals surface area contributed by atoms with Crippen molar-refractivity contribution >= 4 is 33.3 Å². The highest BCUT2D eigenvalue weighted by molar-refractivity contribution is 7.13. The van der Waals surface area contributed by atoms with Gasteiger partial charge in [0.1, 0.15) is 0 Å². The van der Waals surface area contributed by atoms with Crippen LogP contribution in [0.1, 0.15) is 29.3 Å². The van der Waals surface area contributed by atoms with E-state index in [1.807, 2.05) is 0 Å². The summed E-state index contributed by atoms with van der Waals surface area (Å²) in [5.74, 6) is -0.288. The van der Waals surface area contributed by atoms with Crippen LogP contribution in [-0.2, 0) is 4.74 Å². The first-order chi connectivity index (χ1) is 12.1. The van der Waals surface area contributed by atoms with Crippen molar-refractivity contribution in [2.75, 3.05) is 11.9 Å². The van der Waals surface area contributed by atoms with Crippen LogP contribution >= 0.6 is 11.3 Å². The van der Waals surface area contributed by atoms with Gasteiger partial charge in [0.15, 0.2) is 22.8 Å². The first-order valence-electron chi connectivity index (χ1n) is 7.58. The normalized spacial score (nSPS) is 11.9. The molecule has 0 spiro atoms. The highest BCUT2D eigenvalue weighted by atomic mass is 32.1. The number of ether oxygens (including phenoxy) is 1. The van der Waals surface area contributed by atoms with Crippen LogP contribution in [0.2, 0.25) is 0 Å². The maximum Gasteiger partial charge on any atom is 0.358 e. The number of hydrogen-bond donors (Lipinski definition) is 2. The van der Waals surface area contributed by atoms with Crippen LogP contribution in [0.5, 0.6) is 0 Å². The van der Waals surface area contributed by atoms with Crippen LogP contribution in [0.3, 0.4) is 0 Å². The number of benzene rings is 1. The number of carbonyl (C=O) groups excluding carboxylic acids is 1. The van der Waals surface area contributed by atoms with Gasteiger partial charge in [-0.25, -0.2) is 14.8 Å². The van der Waals surface area contributed by atoms with E-state index < -0.39 is 12.1 Å². The molecule has 3 rings (SSSR count). The molecule has 2 N–H and O–H groups in total. The van der Waals surface area contributed by atoms with E-state index >= 15 is 0 Å². The Bertz CT molecular complexity index is 979. The van der Waals surface area contributed by atoms with Crippen LogP contribution in [0.4, 0.5) is 5.13 Å². The highest BCUT2D eigenvalue weighted by Crippen LogP contribution is 2.19. The topological polar surface area (TPSA) is 97.0 Å². The van der Waals surface area contributed by atoms with Crippen molar-refractivity contribution in [3.05, 3.63) is 64.2 Å². The Kier molecular flexibility index (Phi) is 4.90. The monoisotopic (exact) mass is 356 g/mol. The minimum Gasteiger partial charge on any atom is -0.450 e. The number of nitrogens with zero attached hydrogens (tertiary/aromatic N) is 2. The van der Waals surface area contributed by atoms with Gasteiger partial charge in [-0.15, -0.1) is 17.9 Å². The second-order valence-corrected chi connectivity index (χ2v) is 6.08. The second-order valence-electron chi connectivity index (χ2n) is 5.22. The number of rotatable bonds is 6. The fourth-order valence-electron chi connectivity index (χ4n) is 2.18. The van der Waals surface area contributed by atoms with Crippen LogP contribution < -0.4 is 10.9 Å². The summed E-state index contributed by atoms with van der Waals surface area (Å²) in [6, 6.07) is 6.99. The van der Waals surface area contributed by atoms with Gasteiger partial charge in [0.25, 0.3) is 5.56 Å². The molecule has 0 saturated heterocycles. The lowest BCUT2D eigenvalue weighted by molar-refractivity contribution is 0.0314. The third kappa shape index (κ3) is 3.74. The molecule has 0 amide bonds. The van der Waals surface area contributed by atoms with Gasteiger partial charge in [-0.3, -0.25) is 4.79 Å². The first kappa shape index (κ1) is 16.8. The zero-order valence-corrected chi connectivity index (χ0v) is 14.3. The second kappa shape index (κ2) is 7.27. The number of esters is 1. The third-order valence-electron chi connectivity index (χ3n) is 3.41. The van der Waals surface area contributed by atoms with Gasteiger partial charge in [-0.1, -0.05) is 18.2 Å². The fraction of sp³-hybridized carbons (Fsp3) is 0.176. The summed E-state index contributed by atoms with van der Waals surface area (Å²) in [5.41, 5.74) is 0.480. The van der Waals surface area contributed by atoms with Gasteiger partial charge < -0.3 is 15.0 Å². The Hall–Kier alpha value is -3.00. The number of carbonyl (C=O) groups is 1. The standard InChI is InChI=1S/C17H16N4O3S/c1-3-8-18-17-20-13(9-25-17)16(23)24-10(2)14-19-12-7-5-4-6-11(12)15(22)21-14/h3-7,9-10H,1,8H2,2H3,(H,18,20)(H,19,21,22). The van der Waals surface area contributed by atoms with Crippen molar-refractivity contribution in [2.24, 2.45) is 0 Å². The van der Waals surface area contributed by atoms with E-state index in [-0.39, 0.29) is 17.1 Å². The summed E-state index contributed by atoms with van der Waals surface area (Å²) < 4.78 is 5.37. The smallest absolute Gasteiger partial charge is 0.358 e. The van der Waals surface area contributed by atoms with Gasteiger partial charge in [0.05, 0.1) is 10.9 Å². The number of aromatic nitrogens is 3. The molecule has 3 aromatic rings. The molecule has 0 aliphatic carbocycles. The summed E-state index contributed by atoms with van der Waals surface area (Å²) in [7, 11) is 0. The lowest BCUT2D eigenvalue weighted by Gasteiger charge is -2.12. The van der Waals surface area contributed by atoms with Crippen LogP contribution in [0.15, 0.2) is 47.1 Å². The van der Waals surface area contributed by atoms with Crippen molar-refractivity contribution in [3.63, 3.8) is 0 Å². The van der Waals surface area contributed by atoms with Crippen molar-refractivity contribution in [1.82, 2.24) is 15.0 Å². The Morgan fingerprint density at radius 3 is 3.04 bits per heavy atom. The zero-order valence-electron chi connectivity index (χ0n) is 13.5. The van der Waals surface area contributed by atoms with Gasteiger partial charge in [0, 0.05) is 11.9 Å². The number of aromatic amines is 1. The van der Waals surface area contributed by atoms with Crippen molar-refractivity contribution < 1.29 is 9.53 Å². The average Bonchev–Trinajstić information content (AvgIpc) is 3.09. The third-order valence-corrected chi connectivity index (χ3v) is 4.21. The molecule has 0 aliphatic heterocycles. The Morgan fingerprint density at radius 1 is 1.44 bits per heavy atom. The number of anilines is 1. The van der Waals surface area contributed by atoms with Crippen molar-refractivity contribution in [1.29, 1.82) is 0 Å². The van der Waals surface area contributed by atoms with E-state index in [2.05, 4.69) is 26.8 Å². The van der Waals surface area contributed by atoms with E-state index in [1.165, 1.54) is 11.3 Å². The first-order valence-corrected chi connectivity index (χ1v) is 8.46. The van der Waals surface area contributed by atoms with Crippen LogP contribution in [0, 0.1) is 0 Å². The Balaban J connectivity index is 1.76. The number of thiazole rings is 1. The van der Waals surface area contributed by atoms with Crippen LogP contribution in [-0.4, -0.2) is 27.5 Å². The summed E-state index contributed by atoms with van der Waals surface area (Å²) in [6.45, 7) is 5.81. The van der Waals surface area contributed by atoms with Crippen molar-refractivity contribution in [2.45, 2.75) is 13.0 Å². The summed E-state index contributed by atoms with van der Waals surface area (Å²) in [6.07, 6.45) is 0.986. The molecule has 2 aromatic heterocycles. The number of hydrogen-bond acceptors (Lipinski definition) is 7. The number of para-hydroxylation sites is 1. The number of nitrogens with one attached hydrogen (secondary N) is 2. The molecular formula is C17H16N4O3S. The highest BCUT2D eigenvalue weighted by Gasteiger charge is 2.19. The van der Waals surface area contributed by atoms with Gasteiger partial charge in [-0.2, -0.15) is 0 Å². The minimum atomic E-state index is -0.712. The molecule has 1 unspecified atom stereocenters. The lowest BCUT2D eigenvalue weighted by Crippen LogP contribution is -2.17. The molecule has 0 bridgehead atoms. The zero-order chi connectivity index (χ0) is 17.8. The Labute approximate surface area is 147 Å². The summed E-state index contributed by atoms with van der Waals surface area (Å²) >= 11 is 1.30. The maximum atomic E-state index is 12.2. The van der Waals surface area contributed by atoms with E-state index in [0.717, 1.165) is 0 Å². The van der Waals surface area contributed by atoms with E-state index in [4.69, 9.17) is 4.74 Å². The Morgan fingerprint density at radius 2 is 2.24 bits per heavy atom. The molecule has 128 valence electrons. The summed E-state index contributed by atoms with van der Waals surface area (Å²) in [4.78, 5) is 35.5. The molecule has 2 heterocycles. The van der Waals surface area contributed by atoms with Gasteiger partial charge >= 0.3 is 5.97 Å². The summed E-state index contributed by atoms with van der Waals surface area (Å²) in [5, 5.41) is 5.71. The number of H-pyrrole nitrogens is 1. The van der Waals surface area contributed by atoms with E-state index in [1.54, 1.807) is 42.6 Å². The molecular weight excluding hydrogens is 340 g/mol. The van der Waals surface area contributed by atoms with Crippen LogP contribution in [0.25, 0.3) is 10.9 Å². The minimum absolute atomic E-state index is 0.201. The molecule has 0 radical (unpaired) electrons.